The van der Waals surface area contributed by atoms with Crippen LogP contribution in [0.15, 0.2) is 21.3 Å². The van der Waals surface area contributed by atoms with Crippen LogP contribution in [-0.2, 0) is 6.42 Å². The van der Waals surface area contributed by atoms with Crippen LogP contribution in [0.4, 0.5) is 0 Å². The highest BCUT2D eigenvalue weighted by Crippen LogP contribution is 2.21. The Hall–Kier alpha value is -1.62. The Morgan fingerprint density at radius 3 is 2.89 bits per heavy atom. The molecule has 0 saturated carbocycles. The van der Waals surface area contributed by atoms with Crippen LogP contribution in [0.5, 0.6) is 0 Å². The monoisotopic (exact) mass is 249 g/mol. The maximum Gasteiger partial charge on any atom is 0.238 e. The molecule has 0 amide bonds. The quantitative estimate of drug-likeness (QED) is 0.851. The van der Waals surface area contributed by atoms with Gasteiger partial charge in [0.25, 0.3) is 0 Å². The van der Waals surface area contributed by atoms with Gasteiger partial charge in [0.15, 0.2) is 5.76 Å². The van der Waals surface area contributed by atoms with E-state index in [2.05, 4.69) is 17.1 Å². The molecule has 2 aromatic rings. The Balaban J connectivity index is 1.97. The van der Waals surface area contributed by atoms with Crippen molar-refractivity contribution in [1.82, 2.24) is 10.1 Å². The average molecular weight is 249 g/mol. The van der Waals surface area contributed by atoms with E-state index in [1.54, 1.807) is 6.26 Å². The number of nitrogens with zero attached hydrogens (tertiary/aromatic N) is 2. The Bertz CT molecular complexity index is 490. The summed E-state index contributed by atoms with van der Waals surface area (Å²) in [5.41, 5.74) is 6.53. The summed E-state index contributed by atoms with van der Waals surface area (Å²) in [6.07, 6.45) is 4.45. The normalized spacial score (nSPS) is 12.8. The summed E-state index contributed by atoms with van der Waals surface area (Å²) in [6, 6.07) is 1.88. The lowest BCUT2D eigenvalue weighted by Gasteiger charge is -2.06. The molecule has 0 spiro atoms. The number of furan rings is 1. The van der Waals surface area contributed by atoms with E-state index in [0.717, 1.165) is 31.4 Å². The highest BCUT2D eigenvalue weighted by molar-refractivity contribution is 5.50. The number of aromatic nitrogens is 2. The minimum absolute atomic E-state index is 0.527. The van der Waals surface area contributed by atoms with Gasteiger partial charge in [0.05, 0.1) is 6.26 Å². The molecule has 2 heterocycles. The molecule has 2 rings (SSSR count). The molecule has 0 aromatic carbocycles. The van der Waals surface area contributed by atoms with Crippen LogP contribution in [0.25, 0.3) is 11.6 Å². The van der Waals surface area contributed by atoms with Crippen molar-refractivity contribution in [3.63, 3.8) is 0 Å². The molecule has 0 saturated heterocycles. The van der Waals surface area contributed by atoms with Gasteiger partial charge in [-0.3, -0.25) is 0 Å². The fourth-order valence-electron chi connectivity index (χ4n) is 1.85. The van der Waals surface area contributed by atoms with Crippen molar-refractivity contribution in [3.8, 4) is 11.6 Å². The third kappa shape index (κ3) is 2.98. The molecule has 0 bridgehead atoms. The van der Waals surface area contributed by atoms with E-state index in [9.17, 15) is 0 Å². The van der Waals surface area contributed by atoms with Crippen molar-refractivity contribution in [2.75, 3.05) is 6.54 Å². The number of hydrogen-bond acceptors (Lipinski definition) is 5. The van der Waals surface area contributed by atoms with Crippen molar-refractivity contribution >= 4 is 0 Å². The third-order valence-electron chi connectivity index (χ3n) is 3.04. The van der Waals surface area contributed by atoms with Gasteiger partial charge in [-0.2, -0.15) is 4.98 Å². The van der Waals surface area contributed by atoms with E-state index in [0.29, 0.717) is 23.4 Å². The first-order valence-corrected chi connectivity index (χ1v) is 6.28. The molecule has 2 N–H and O–H groups in total. The lowest BCUT2D eigenvalue weighted by Crippen LogP contribution is -2.06. The third-order valence-corrected chi connectivity index (χ3v) is 3.04. The van der Waals surface area contributed by atoms with Gasteiger partial charge in [0.2, 0.25) is 11.7 Å². The highest BCUT2D eigenvalue weighted by atomic mass is 16.5. The summed E-state index contributed by atoms with van der Waals surface area (Å²) < 4.78 is 10.5. The largest absolute Gasteiger partial charge is 0.461 e. The highest BCUT2D eigenvalue weighted by Gasteiger charge is 2.14. The number of rotatable bonds is 6. The second kappa shape index (κ2) is 5.82. The molecule has 2 aromatic heterocycles. The molecule has 5 heteroatoms. The summed E-state index contributed by atoms with van der Waals surface area (Å²) in [7, 11) is 0. The zero-order valence-corrected chi connectivity index (χ0v) is 10.8. The predicted octanol–water partition coefficient (Wildman–Crippen LogP) is 2.56. The van der Waals surface area contributed by atoms with E-state index >= 15 is 0 Å². The molecule has 18 heavy (non-hydrogen) atoms. The Kier molecular flexibility index (Phi) is 4.15. The number of aryl methyl sites for hydroxylation is 2. The summed E-state index contributed by atoms with van der Waals surface area (Å²) in [5.74, 6) is 2.44. The van der Waals surface area contributed by atoms with E-state index in [4.69, 9.17) is 14.7 Å². The molecule has 1 atom stereocenters. The summed E-state index contributed by atoms with van der Waals surface area (Å²) >= 11 is 0. The molecule has 0 aliphatic heterocycles. The minimum Gasteiger partial charge on any atom is -0.461 e. The Morgan fingerprint density at radius 1 is 1.39 bits per heavy atom. The lowest BCUT2D eigenvalue weighted by atomic mass is 10.0. The van der Waals surface area contributed by atoms with E-state index in [-0.39, 0.29) is 0 Å². The van der Waals surface area contributed by atoms with Crippen molar-refractivity contribution in [3.05, 3.63) is 23.8 Å². The summed E-state index contributed by atoms with van der Waals surface area (Å²) in [6.45, 7) is 4.86. The zero-order valence-electron chi connectivity index (χ0n) is 10.8. The van der Waals surface area contributed by atoms with E-state index in [1.165, 1.54) is 0 Å². The second-order valence-corrected chi connectivity index (χ2v) is 4.67. The molecule has 1 unspecified atom stereocenters. The van der Waals surface area contributed by atoms with Crippen LogP contribution in [0.1, 0.15) is 31.2 Å². The van der Waals surface area contributed by atoms with Gasteiger partial charge in [0.1, 0.15) is 0 Å². The van der Waals surface area contributed by atoms with Gasteiger partial charge in [-0.15, -0.1) is 0 Å². The van der Waals surface area contributed by atoms with Gasteiger partial charge in [-0.05, 0) is 43.9 Å². The second-order valence-electron chi connectivity index (χ2n) is 4.67. The van der Waals surface area contributed by atoms with Crippen molar-refractivity contribution in [2.24, 2.45) is 11.7 Å². The van der Waals surface area contributed by atoms with Crippen molar-refractivity contribution in [1.29, 1.82) is 0 Å². The molecular weight excluding hydrogens is 230 g/mol. The molecule has 0 fully saturated rings. The average Bonchev–Trinajstić information content (AvgIpc) is 2.95. The van der Waals surface area contributed by atoms with Crippen LogP contribution in [-0.4, -0.2) is 16.7 Å². The summed E-state index contributed by atoms with van der Waals surface area (Å²) in [5, 5.41) is 3.94. The Labute approximate surface area is 106 Å². The first-order chi connectivity index (χ1) is 8.70. The topological polar surface area (TPSA) is 78.1 Å². The molecule has 5 nitrogen and oxygen atoms in total. The van der Waals surface area contributed by atoms with Crippen LogP contribution >= 0.6 is 0 Å². The SMILES string of the molecule is Cc1ccoc1-c1noc(CCC(C)CCN)n1. The van der Waals surface area contributed by atoms with Crippen molar-refractivity contribution in [2.45, 2.75) is 33.1 Å². The first kappa shape index (κ1) is 12.8. The van der Waals surface area contributed by atoms with Crippen LogP contribution in [0.2, 0.25) is 0 Å². The lowest BCUT2D eigenvalue weighted by molar-refractivity contribution is 0.361. The van der Waals surface area contributed by atoms with E-state index in [1.807, 2.05) is 13.0 Å². The summed E-state index contributed by atoms with van der Waals surface area (Å²) in [4.78, 5) is 4.34. The van der Waals surface area contributed by atoms with E-state index < -0.39 is 0 Å². The van der Waals surface area contributed by atoms with Gasteiger partial charge in [-0.25, -0.2) is 0 Å². The number of hydrogen-bond donors (Lipinski definition) is 1. The van der Waals surface area contributed by atoms with Gasteiger partial charge >= 0.3 is 0 Å². The standard InChI is InChI=1S/C13H19N3O2/c1-9(5-7-14)3-4-11-15-13(16-18-11)12-10(2)6-8-17-12/h6,8-9H,3-5,7,14H2,1-2H3. The van der Waals surface area contributed by atoms with Crippen LogP contribution in [0, 0.1) is 12.8 Å². The molecule has 0 aliphatic rings. The fourth-order valence-corrected chi connectivity index (χ4v) is 1.85. The predicted molar refractivity (Wildman–Crippen MR) is 67.9 cm³/mol. The van der Waals surface area contributed by atoms with Gasteiger partial charge in [0, 0.05) is 6.42 Å². The first-order valence-electron chi connectivity index (χ1n) is 6.28. The zero-order chi connectivity index (χ0) is 13.0. The van der Waals surface area contributed by atoms with Crippen LogP contribution in [0.3, 0.4) is 0 Å². The van der Waals surface area contributed by atoms with Gasteiger partial charge < -0.3 is 14.7 Å². The number of nitrogens with two attached hydrogens (primary N) is 1. The molecule has 0 radical (unpaired) electrons. The Morgan fingerprint density at radius 2 is 2.22 bits per heavy atom. The fraction of sp³-hybridized carbons (Fsp3) is 0.538. The van der Waals surface area contributed by atoms with Gasteiger partial charge in [-0.1, -0.05) is 12.1 Å². The maximum atomic E-state index is 5.52. The molecule has 0 aliphatic carbocycles. The smallest absolute Gasteiger partial charge is 0.238 e. The van der Waals surface area contributed by atoms with Crippen LogP contribution < -0.4 is 5.73 Å². The maximum absolute atomic E-state index is 5.52. The van der Waals surface area contributed by atoms with Crippen molar-refractivity contribution < 1.29 is 8.94 Å². The molecular formula is C13H19N3O2. The minimum atomic E-state index is 0.527. The molecule has 98 valence electrons.